The number of carbonyl (C=O) groups is 1. The van der Waals surface area contributed by atoms with Gasteiger partial charge in [-0.25, -0.2) is 9.37 Å². The molecular formula is C29H39BClFN5O. The molecule has 3 rings (SSSR count). The highest BCUT2D eigenvalue weighted by Crippen LogP contribution is 2.22. The van der Waals surface area contributed by atoms with E-state index in [2.05, 4.69) is 34.0 Å². The van der Waals surface area contributed by atoms with Crippen LogP contribution >= 0.6 is 11.6 Å². The van der Waals surface area contributed by atoms with E-state index in [1.54, 1.807) is 22.6 Å². The summed E-state index contributed by atoms with van der Waals surface area (Å²) in [4.78, 5) is 22.2. The zero-order valence-electron chi connectivity index (χ0n) is 23.4. The van der Waals surface area contributed by atoms with Crippen LogP contribution < -0.4 is 10.5 Å². The predicted molar refractivity (Wildman–Crippen MR) is 159 cm³/mol. The van der Waals surface area contributed by atoms with Gasteiger partial charge in [0.25, 0.3) is 5.91 Å². The molecule has 0 aliphatic carbocycles. The van der Waals surface area contributed by atoms with Gasteiger partial charge in [0, 0.05) is 35.1 Å². The Hall–Kier alpha value is -2.97. The first-order valence-corrected chi connectivity index (χ1v) is 13.7. The number of aryl methyl sites for hydroxylation is 2. The Bertz CT molecular complexity index is 1290. The third-order valence-corrected chi connectivity index (χ3v) is 6.30. The second kappa shape index (κ2) is 15.4. The molecule has 0 saturated carbocycles. The smallest absolute Gasteiger partial charge is 0.270 e. The van der Waals surface area contributed by atoms with Crippen LogP contribution in [0.1, 0.15) is 80.3 Å². The SMILES string of the molecule is C=C(N=C(CC)C[B]NCCC)c1ccc(CNC(=O)c2c(CC)nc3cc(Cl)c(C)cn23)cc1F.CC. The second-order valence-electron chi connectivity index (χ2n) is 8.63. The molecule has 2 N–H and O–H groups in total. The summed E-state index contributed by atoms with van der Waals surface area (Å²) in [5.41, 5.74) is 4.91. The van der Waals surface area contributed by atoms with Crippen molar-refractivity contribution in [3.8, 4) is 0 Å². The van der Waals surface area contributed by atoms with E-state index < -0.39 is 5.82 Å². The lowest BCUT2D eigenvalue weighted by molar-refractivity contribution is 0.0944. The number of nitrogens with one attached hydrogen (secondary N) is 2. The first-order valence-electron chi connectivity index (χ1n) is 13.3. The maximum atomic E-state index is 14.9. The van der Waals surface area contributed by atoms with E-state index in [0.717, 1.165) is 30.7 Å². The summed E-state index contributed by atoms with van der Waals surface area (Å²) < 4.78 is 16.7. The van der Waals surface area contributed by atoms with Gasteiger partial charge in [-0.3, -0.25) is 14.2 Å². The lowest BCUT2D eigenvalue weighted by Gasteiger charge is -2.10. The van der Waals surface area contributed by atoms with Gasteiger partial charge in [0.2, 0.25) is 7.41 Å². The van der Waals surface area contributed by atoms with Gasteiger partial charge in [-0.15, -0.1) is 0 Å². The Labute approximate surface area is 232 Å². The van der Waals surface area contributed by atoms with E-state index in [1.807, 2.05) is 48.2 Å². The first kappa shape index (κ1) is 31.3. The summed E-state index contributed by atoms with van der Waals surface area (Å²) in [6, 6.07) is 6.60. The van der Waals surface area contributed by atoms with Gasteiger partial charge in [0.1, 0.15) is 17.2 Å². The monoisotopic (exact) mass is 538 g/mol. The van der Waals surface area contributed by atoms with Crippen LogP contribution in [0.4, 0.5) is 4.39 Å². The number of imidazole rings is 1. The fourth-order valence-corrected chi connectivity index (χ4v) is 3.97. The normalized spacial score (nSPS) is 11.2. The third-order valence-electron chi connectivity index (χ3n) is 5.89. The highest BCUT2D eigenvalue weighted by atomic mass is 35.5. The number of hydrogen-bond donors (Lipinski definition) is 2. The lowest BCUT2D eigenvalue weighted by atomic mass is 9.85. The zero-order valence-corrected chi connectivity index (χ0v) is 24.2. The largest absolute Gasteiger partial charge is 0.360 e. The zero-order chi connectivity index (χ0) is 28.2. The molecule has 9 heteroatoms. The second-order valence-corrected chi connectivity index (χ2v) is 9.04. The molecule has 0 fully saturated rings. The van der Waals surface area contributed by atoms with Gasteiger partial charge in [-0.05, 0) is 62.3 Å². The molecule has 0 saturated heterocycles. The number of nitrogens with zero attached hydrogens (tertiary/aromatic N) is 3. The van der Waals surface area contributed by atoms with Crippen LogP contribution in [-0.2, 0) is 13.0 Å². The number of rotatable bonds is 12. The maximum Gasteiger partial charge on any atom is 0.270 e. The quantitative estimate of drug-likeness (QED) is 0.151. The van der Waals surface area contributed by atoms with Crippen molar-refractivity contribution in [1.82, 2.24) is 19.9 Å². The van der Waals surface area contributed by atoms with E-state index in [0.29, 0.717) is 51.6 Å². The molecule has 6 nitrogen and oxygen atoms in total. The summed E-state index contributed by atoms with van der Waals surface area (Å²) in [5.74, 6) is -0.701. The van der Waals surface area contributed by atoms with Crippen molar-refractivity contribution in [1.29, 1.82) is 0 Å². The van der Waals surface area contributed by atoms with Crippen LogP contribution in [0.25, 0.3) is 11.3 Å². The number of benzene rings is 1. The number of aliphatic imine (C=N–C) groups is 1. The molecule has 3 aromatic rings. The van der Waals surface area contributed by atoms with Crippen molar-refractivity contribution in [2.75, 3.05) is 6.54 Å². The average molecular weight is 539 g/mol. The molecule has 0 bridgehead atoms. The number of hydrogen-bond acceptors (Lipinski definition) is 4. The number of fused-ring (bicyclic) bond motifs is 1. The van der Waals surface area contributed by atoms with Gasteiger partial charge in [-0.2, -0.15) is 0 Å². The van der Waals surface area contributed by atoms with Gasteiger partial charge >= 0.3 is 0 Å². The van der Waals surface area contributed by atoms with E-state index >= 15 is 0 Å². The summed E-state index contributed by atoms with van der Waals surface area (Å²) in [6.45, 7) is 17.0. The van der Waals surface area contributed by atoms with Crippen LogP contribution in [0, 0.1) is 12.7 Å². The number of amides is 1. The highest BCUT2D eigenvalue weighted by Gasteiger charge is 2.19. The van der Waals surface area contributed by atoms with E-state index in [4.69, 9.17) is 11.6 Å². The molecule has 0 unspecified atom stereocenters. The minimum absolute atomic E-state index is 0.174. The average Bonchev–Trinajstić information content (AvgIpc) is 3.27. The van der Waals surface area contributed by atoms with Crippen LogP contribution in [0.3, 0.4) is 0 Å². The molecule has 203 valence electrons. The Morgan fingerprint density at radius 1 is 1.24 bits per heavy atom. The van der Waals surface area contributed by atoms with E-state index in [9.17, 15) is 9.18 Å². The summed E-state index contributed by atoms with van der Waals surface area (Å²) in [5, 5.41) is 6.72. The van der Waals surface area contributed by atoms with Gasteiger partial charge < -0.3 is 10.5 Å². The van der Waals surface area contributed by atoms with Gasteiger partial charge in [0.15, 0.2) is 0 Å². The summed E-state index contributed by atoms with van der Waals surface area (Å²) in [7, 11) is 1.98. The van der Waals surface area contributed by atoms with Gasteiger partial charge in [0.05, 0.1) is 11.4 Å². The molecule has 1 aromatic carbocycles. The van der Waals surface area contributed by atoms with Crippen LogP contribution in [0.2, 0.25) is 11.3 Å². The molecule has 2 heterocycles. The maximum absolute atomic E-state index is 14.9. The Balaban J connectivity index is 0.00000247. The van der Waals surface area contributed by atoms with Crippen molar-refractivity contribution in [3.63, 3.8) is 0 Å². The molecule has 1 amide bonds. The molecule has 0 aliphatic heterocycles. The molecule has 38 heavy (non-hydrogen) atoms. The van der Waals surface area contributed by atoms with Crippen molar-refractivity contribution in [2.45, 2.75) is 73.7 Å². The Morgan fingerprint density at radius 3 is 2.61 bits per heavy atom. The van der Waals surface area contributed by atoms with Crippen molar-refractivity contribution < 1.29 is 9.18 Å². The third kappa shape index (κ3) is 8.02. The van der Waals surface area contributed by atoms with Crippen molar-refractivity contribution in [2.24, 2.45) is 4.99 Å². The summed E-state index contributed by atoms with van der Waals surface area (Å²) >= 11 is 6.22. The Morgan fingerprint density at radius 2 is 1.97 bits per heavy atom. The van der Waals surface area contributed by atoms with Crippen molar-refractivity contribution in [3.05, 3.63) is 76.0 Å². The fourth-order valence-electron chi connectivity index (χ4n) is 3.83. The van der Waals surface area contributed by atoms with Crippen LogP contribution in [0.15, 0.2) is 42.0 Å². The van der Waals surface area contributed by atoms with Crippen molar-refractivity contribution >= 4 is 42.0 Å². The molecule has 1 radical (unpaired) electrons. The fraction of sp³-hybridized carbons (Fsp3) is 0.414. The van der Waals surface area contributed by atoms with E-state index in [-0.39, 0.29) is 12.5 Å². The molecule has 0 atom stereocenters. The van der Waals surface area contributed by atoms with Crippen LogP contribution in [-0.4, -0.2) is 35.0 Å². The highest BCUT2D eigenvalue weighted by molar-refractivity contribution is 6.39. The van der Waals surface area contributed by atoms with E-state index in [1.165, 1.54) is 6.07 Å². The Kier molecular flexibility index (Phi) is 12.7. The standard InChI is InChI=1S/C27H33BClFN5O.C2H6/c1-6-11-32-28-14-20(7-2)33-18(5)21-10-9-19(12-23(21)30)15-31-27(36)26-24(8-3)34-25-13-22(29)17(4)16-35(25)26;1-2/h9-10,12-13,16,32H,5-8,11,14-15H2,1-4H3,(H,31,36);1-2H3. The predicted octanol–water partition coefficient (Wildman–Crippen LogP) is 6.81. The number of aromatic nitrogens is 2. The first-order chi connectivity index (χ1) is 18.3. The topological polar surface area (TPSA) is 70.8 Å². The van der Waals surface area contributed by atoms with Crippen LogP contribution in [0.5, 0.6) is 0 Å². The minimum Gasteiger partial charge on any atom is -0.360 e. The molecule has 2 aromatic heterocycles. The number of halogens is 2. The minimum atomic E-state index is -0.423. The lowest BCUT2D eigenvalue weighted by Crippen LogP contribution is -2.25. The molecular weight excluding hydrogens is 500 g/mol. The van der Waals surface area contributed by atoms with Gasteiger partial charge in [-0.1, -0.05) is 58.9 Å². The summed E-state index contributed by atoms with van der Waals surface area (Å²) in [6.07, 6.45) is 4.88. The number of pyridine rings is 1. The number of carbonyl (C=O) groups excluding carboxylic acids is 1. The molecule has 0 aliphatic rings. The molecule has 0 spiro atoms.